The Morgan fingerprint density at radius 1 is 1.10 bits per heavy atom. The van der Waals surface area contributed by atoms with Gasteiger partial charge >= 0.3 is 5.69 Å². The SMILES string of the molecule is Cc1nc(-c2ccc(Oc3ccc(S(=O)(=O)N4CCCCC4)cc3[N+](=O)[O-])cc2)no1. The average molecular weight is 444 g/mol. The van der Waals surface area contributed by atoms with Crippen molar-refractivity contribution in [2.75, 3.05) is 13.1 Å². The van der Waals surface area contributed by atoms with Crippen LogP contribution in [0, 0.1) is 17.0 Å². The topological polar surface area (TPSA) is 129 Å². The van der Waals surface area contributed by atoms with E-state index in [1.165, 1.54) is 16.4 Å². The van der Waals surface area contributed by atoms with Gasteiger partial charge in [0.15, 0.2) is 0 Å². The van der Waals surface area contributed by atoms with E-state index >= 15 is 0 Å². The lowest BCUT2D eigenvalue weighted by molar-refractivity contribution is -0.385. The molecule has 2 aromatic carbocycles. The van der Waals surface area contributed by atoms with E-state index in [0.29, 0.717) is 36.1 Å². The number of nitrogens with zero attached hydrogens (tertiary/aromatic N) is 4. The van der Waals surface area contributed by atoms with E-state index in [2.05, 4.69) is 10.1 Å². The number of aromatic nitrogens is 2. The van der Waals surface area contributed by atoms with Gasteiger partial charge in [-0.15, -0.1) is 0 Å². The summed E-state index contributed by atoms with van der Waals surface area (Å²) in [5, 5.41) is 15.4. The van der Waals surface area contributed by atoms with Crippen LogP contribution in [0.2, 0.25) is 0 Å². The number of aryl methyl sites for hydroxylation is 1. The zero-order chi connectivity index (χ0) is 22.0. The Balaban J connectivity index is 1.59. The fourth-order valence-corrected chi connectivity index (χ4v) is 4.89. The Bertz CT molecular complexity index is 1200. The summed E-state index contributed by atoms with van der Waals surface area (Å²) in [5.41, 5.74) is 0.276. The maximum Gasteiger partial charge on any atom is 0.312 e. The number of nitro groups is 1. The minimum absolute atomic E-state index is 0.0502. The van der Waals surface area contributed by atoms with Crippen LogP contribution in [0.15, 0.2) is 51.9 Å². The Kier molecular flexibility index (Phi) is 5.70. The molecule has 0 radical (unpaired) electrons. The lowest BCUT2D eigenvalue weighted by atomic mass is 10.2. The molecule has 0 amide bonds. The number of ether oxygens (including phenoxy) is 1. The van der Waals surface area contributed by atoms with Crippen molar-refractivity contribution in [2.24, 2.45) is 0 Å². The van der Waals surface area contributed by atoms with Crippen molar-refractivity contribution in [1.29, 1.82) is 0 Å². The highest BCUT2D eigenvalue weighted by molar-refractivity contribution is 7.89. The molecule has 0 N–H and O–H groups in total. The highest BCUT2D eigenvalue weighted by Gasteiger charge is 2.29. The van der Waals surface area contributed by atoms with Crippen LogP contribution in [-0.2, 0) is 10.0 Å². The Hall–Kier alpha value is -3.31. The van der Waals surface area contributed by atoms with E-state index in [0.717, 1.165) is 25.3 Å². The van der Waals surface area contributed by atoms with Gasteiger partial charge in [0.2, 0.25) is 27.5 Å². The van der Waals surface area contributed by atoms with Crippen molar-refractivity contribution in [3.8, 4) is 22.9 Å². The van der Waals surface area contributed by atoms with Gasteiger partial charge < -0.3 is 9.26 Å². The summed E-state index contributed by atoms with van der Waals surface area (Å²) in [5.74, 6) is 1.15. The average Bonchev–Trinajstić information content (AvgIpc) is 3.21. The second-order valence-corrected chi connectivity index (χ2v) is 9.05. The first-order chi connectivity index (χ1) is 14.8. The molecule has 1 aliphatic rings. The lowest BCUT2D eigenvalue weighted by Crippen LogP contribution is -2.35. The van der Waals surface area contributed by atoms with Gasteiger partial charge in [0.05, 0.1) is 9.82 Å². The van der Waals surface area contributed by atoms with Crippen molar-refractivity contribution in [3.05, 3.63) is 58.5 Å². The van der Waals surface area contributed by atoms with E-state index in [4.69, 9.17) is 9.26 Å². The molecule has 0 atom stereocenters. The molecule has 2 heterocycles. The lowest BCUT2D eigenvalue weighted by Gasteiger charge is -2.25. The van der Waals surface area contributed by atoms with Gasteiger partial charge in [-0.05, 0) is 49.2 Å². The fraction of sp³-hybridized carbons (Fsp3) is 0.300. The smallest absolute Gasteiger partial charge is 0.312 e. The van der Waals surface area contributed by atoms with Crippen LogP contribution in [0.5, 0.6) is 11.5 Å². The third-order valence-corrected chi connectivity index (χ3v) is 6.84. The monoisotopic (exact) mass is 444 g/mol. The summed E-state index contributed by atoms with van der Waals surface area (Å²) in [4.78, 5) is 15.0. The highest BCUT2D eigenvalue weighted by atomic mass is 32.2. The molecule has 31 heavy (non-hydrogen) atoms. The van der Waals surface area contributed by atoms with Gasteiger partial charge in [-0.1, -0.05) is 11.6 Å². The number of piperidine rings is 1. The van der Waals surface area contributed by atoms with Crippen LogP contribution >= 0.6 is 0 Å². The molecule has 0 saturated carbocycles. The van der Waals surface area contributed by atoms with Gasteiger partial charge in [-0.25, -0.2) is 8.42 Å². The van der Waals surface area contributed by atoms with Gasteiger partial charge in [0.25, 0.3) is 0 Å². The third kappa shape index (κ3) is 4.42. The number of hydrogen-bond donors (Lipinski definition) is 0. The largest absolute Gasteiger partial charge is 0.450 e. The van der Waals surface area contributed by atoms with Crippen molar-refractivity contribution in [1.82, 2.24) is 14.4 Å². The first-order valence-electron chi connectivity index (χ1n) is 9.72. The predicted octanol–water partition coefficient (Wildman–Crippen LogP) is 3.92. The molecule has 1 aliphatic heterocycles. The molecule has 1 aromatic heterocycles. The molecule has 0 aliphatic carbocycles. The predicted molar refractivity (Wildman–Crippen MR) is 110 cm³/mol. The molecule has 0 unspecified atom stereocenters. The van der Waals surface area contributed by atoms with E-state index < -0.39 is 20.6 Å². The number of nitro benzene ring substituents is 1. The minimum atomic E-state index is -3.79. The highest BCUT2D eigenvalue weighted by Crippen LogP contribution is 2.35. The second kappa shape index (κ2) is 8.44. The summed E-state index contributed by atoms with van der Waals surface area (Å²) < 4.78 is 37.7. The second-order valence-electron chi connectivity index (χ2n) is 7.11. The van der Waals surface area contributed by atoms with Crippen LogP contribution in [0.4, 0.5) is 5.69 Å². The van der Waals surface area contributed by atoms with Crippen LogP contribution in [0.3, 0.4) is 0 Å². The first kappa shape index (κ1) is 20.9. The fourth-order valence-electron chi connectivity index (χ4n) is 3.36. The first-order valence-corrected chi connectivity index (χ1v) is 11.2. The van der Waals surface area contributed by atoms with Crippen LogP contribution in [-0.4, -0.2) is 40.9 Å². The van der Waals surface area contributed by atoms with Gasteiger partial charge in [-0.2, -0.15) is 9.29 Å². The van der Waals surface area contributed by atoms with Crippen molar-refractivity contribution < 1.29 is 22.6 Å². The summed E-state index contributed by atoms with van der Waals surface area (Å²) in [6.45, 7) is 2.52. The normalized spacial score (nSPS) is 15.0. The maximum atomic E-state index is 12.8. The maximum absolute atomic E-state index is 12.8. The van der Waals surface area contributed by atoms with Crippen LogP contribution < -0.4 is 4.74 Å². The van der Waals surface area contributed by atoms with E-state index in [1.54, 1.807) is 31.2 Å². The molecule has 0 bridgehead atoms. The molecule has 11 heteroatoms. The number of benzene rings is 2. The van der Waals surface area contributed by atoms with E-state index in [-0.39, 0.29) is 10.6 Å². The molecule has 0 spiro atoms. The quantitative estimate of drug-likeness (QED) is 0.413. The third-order valence-electron chi connectivity index (χ3n) is 4.95. The number of rotatable bonds is 6. The van der Waals surface area contributed by atoms with Gasteiger partial charge in [-0.3, -0.25) is 10.1 Å². The summed E-state index contributed by atoms with van der Waals surface area (Å²) >= 11 is 0. The summed E-state index contributed by atoms with van der Waals surface area (Å²) in [7, 11) is -3.79. The molecule has 1 saturated heterocycles. The zero-order valence-corrected chi connectivity index (χ0v) is 17.5. The molecule has 1 fully saturated rings. The van der Waals surface area contributed by atoms with Crippen LogP contribution in [0.25, 0.3) is 11.4 Å². The van der Waals surface area contributed by atoms with Crippen molar-refractivity contribution in [3.63, 3.8) is 0 Å². The Morgan fingerprint density at radius 3 is 2.42 bits per heavy atom. The standard InChI is InChI=1S/C20H20N4O6S/c1-14-21-20(22-30-14)15-5-7-16(8-6-15)29-19-10-9-17(13-18(19)24(25)26)31(27,28)23-11-3-2-4-12-23/h5-10,13H,2-4,11-12H2,1H3. The molecule has 162 valence electrons. The molecular formula is C20H20N4O6S. The summed E-state index contributed by atoms with van der Waals surface area (Å²) in [6, 6.07) is 10.3. The van der Waals surface area contributed by atoms with Gasteiger partial charge in [0, 0.05) is 31.6 Å². The minimum Gasteiger partial charge on any atom is -0.450 e. The van der Waals surface area contributed by atoms with Crippen LogP contribution in [0.1, 0.15) is 25.2 Å². The number of hydrogen-bond acceptors (Lipinski definition) is 8. The Labute approximate surface area is 178 Å². The molecule has 4 rings (SSSR count). The summed E-state index contributed by atoms with van der Waals surface area (Å²) in [6.07, 6.45) is 2.54. The zero-order valence-electron chi connectivity index (χ0n) is 16.7. The molecule has 3 aromatic rings. The molecule has 10 nitrogen and oxygen atoms in total. The molecular weight excluding hydrogens is 424 g/mol. The van der Waals surface area contributed by atoms with Crippen molar-refractivity contribution >= 4 is 15.7 Å². The Morgan fingerprint density at radius 2 is 1.81 bits per heavy atom. The van der Waals surface area contributed by atoms with E-state index in [9.17, 15) is 18.5 Å². The van der Waals surface area contributed by atoms with E-state index in [1.807, 2.05) is 0 Å². The number of sulfonamides is 1. The van der Waals surface area contributed by atoms with Crippen molar-refractivity contribution in [2.45, 2.75) is 31.1 Å². The van der Waals surface area contributed by atoms with Gasteiger partial charge in [0.1, 0.15) is 5.75 Å².